The van der Waals surface area contributed by atoms with Crippen LogP contribution in [0.15, 0.2) is 66.9 Å². The molecule has 12 heteroatoms. The number of carbonyl (C=O) groups is 1. The number of likely N-dealkylation sites (tertiary alicyclic amines) is 1. The highest BCUT2D eigenvalue weighted by molar-refractivity contribution is 5.86. The average Bonchev–Trinajstić information content (AvgIpc) is 3.47. The van der Waals surface area contributed by atoms with Gasteiger partial charge in [0.05, 0.1) is 38.0 Å². The van der Waals surface area contributed by atoms with Crippen LogP contribution < -0.4 is 14.2 Å². The Labute approximate surface area is 289 Å². The van der Waals surface area contributed by atoms with Gasteiger partial charge < -0.3 is 28.6 Å². The minimum Gasteiger partial charge on any atom is -0.493 e. The third-order valence-electron chi connectivity index (χ3n) is 9.07. The molecule has 0 amide bonds. The monoisotopic (exact) mass is 693 g/mol. The third kappa shape index (κ3) is 8.17. The molecule has 1 aliphatic rings. The van der Waals surface area contributed by atoms with E-state index in [1.807, 2.05) is 42.5 Å². The van der Waals surface area contributed by atoms with E-state index >= 15 is 0 Å². The number of hydrogen-bond acceptors (Lipinski definition) is 8. The van der Waals surface area contributed by atoms with Gasteiger partial charge in [-0.05, 0) is 68.0 Å². The van der Waals surface area contributed by atoms with Gasteiger partial charge in [-0.1, -0.05) is 36.4 Å². The quantitative estimate of drug-likeness (QED) is 0.145. The molecule has 50 heavy (non-hydrogen) atoms. The van der Waals surface area contributed by atoms with Crippen molar-refractivity contribution >= 4 is 16.9 Å². The van der Waals surface area contributed by atoms with E-state index < -0.39 is 18.3 Å². The smallest absolute Gasteiger partial charge is 0.422 e. The number of methoxy groups -OCH3 is 2. The number of hydrogen-bond donors (Lipinski definition) is 1. The fraction of sp³-hybridized carbons (Fsp3) is 0.421. The van der Waals surface area contributed by atoms with E-state index in [1.54, 1.807) is 22.5 Å². The molecule has 266 valence electrons. The molecular weight excluding hydrogens is 651 g/mol. The van der Waals surface area contributed by atoms with Crippen molar-refractivity contribution in [2.45, 2.75) is 63.5 Å². The number of rotatable bonds is 14. The fourth-order valence-corrected chi connectivity index (χ4v) is 6.47. The van der Waals surface area contributed by atoms with Crippen molar-refractivity contribution in [1.82, 2.24) is 9.47 Å². The van der Waals surface area contributed by atoms with E-state index in [2.05, 4.69) is 6.07 Å². The van der Waals surface area contributed by atoms with Crippen LogP contribution in [-0.2, 0) is 28.1 Å². The lowest BCUT2D eigenvalue weighted by atomic mass is 9.90. The first-order chi connectivity index (χ1) is 24.0. The number of aryl methyl sites for hydroxylation is 1. The Morgan fingerprint density at radius 1 is 1.00 bits per heavy atom. The molecule has 1 N–H and O–H groups in total. The van der Waals surface area contributed by atoms with Gasteiger partial charge in [-0.2, -0.15) is 18.4 Å². The second-order valence-electron chi connectivity index (χ2n) is 12.4. The van der Waals surface area contributed by atoms with Crippen molar-refractivity contribution in [3.8, 4) is 23.3 Å². The summed E-state index contributed by atoms with van der Waals surface area (Å²) in [6.07, 6.45) is -1.68. The highest BCUT2D eigenvalue weighted by Gasteiger charge is 2.57. The largest absolute Gasteiger partial charge is 0.493 e. The van der Waals surface area contributed by atoms with Crippen LogP contribution >= 0.6 is 0 Å². The Hall–Kier alpha value is -4.73. The molecule has 1 fully saturated rings. The summed E-state index contributed by atoms with van der Waals surface area (Å²) >= 11 is 0. The number of carbonyl (C=O) groups excluding carboxylic acids is 1. The molecule has 9 nitrogen and oxygen atoms in total. The van der Waals surface area contributed by atoms with E-state index in [4.69, 9.17) is 18.9 Å². The SMILES string of the molecule is CCOC(=O)CCCc1cc(OC)c(OC2CCN(CC(O)(c3cn(Cc4ccccc4)c4cc(C#N)ccc34)C(F)(F)F)CC2)c(OC)c1. The van der Waals surface area contributed by atoms with Crippen molar-refractivity contribution in [1.29, 1.82) is 5.26 Å². The second kappa shape index (κ2) is 15.9. The minimum absolute atomic E-state index is 0.238. The summed E-state index contributed by atoms with van der Waals surface area (Å²) in [5.41, 5.74) is -0.921. The number of aromatic nitrogens is 1. The Morgan fingerprint density at radius 2 is 1.68 bits per heavy atom. The normalized spacial score (nSPS) is 15.3. The number of piperidine rings is 1. The minimum atomic E-state index is -4.99. The van der Waals surface area contributed by atoms with Crippen molar-refractivity contribution in [3.05, 3.63) is 89.1 Å². The standard InChI is InChI=1S/C38H42F3N3O6/c1-4-49-35(45)12-8-11-27-20-33(47-2)36(34(21-27)48-3)50-29-15-17-43(18-16-29)25-37(46,38(39,40)41)31-24-44(23-26-9-6-5-7-10-26)32-19-28(22-42)13-14-30(31)32/h5-7,9-10,13-14,19-21,24,29,46H,4,8,11-12,15-18,23,25H2,1-3H3. The number of halogens is 3. The predicted molar refractivity (Wildman–Crippen MR) is 181 cm³/mol. The van der Waals surface area contributed by atoms with E-state index in [0.717, 1.165) is 11.1 Å². The Bertz CT molecular complexity index is 1790. The zero-order chi connectivity index (χ0) is 35.9. The Morgan fingerprint density at radius 3 is 2.28 bits per heavy atom. The van der Waals surface area contributed by atoms with Crippen LogP contribution in [0, 0.1) is 11.3 Å². The van der Waals surface area contributed by atoms with E-state index in [1.165, 1.54) is 32.5 Å². The lowest BCUT2D eigenvalue weighted by Crippen LogP contribution is -2.53. The molecule has 3 aromatic carbocycles. The fourth-order valence-electron chi connectivity index (χ4n) is 6.47. The first-order valence-electron chi connectivity index (χ1n) is 16.7. The number of aliphatic hydroxyl groups is 1. The molecule has 1 aliphatic heterocycles. The van der Waals surface area contributed by atoms with Gasteiger partial charge in [0, 0.05) is 49.7 Å². The van der Waals surface area contributed by atoms with Crippen LogP contribution in [0.4, 0.5) is 13.2 Å². The zero-order valence-corrected chi connectivity index (χ0v) is 28.5. The van der Waals surface area contributed by atoms with Crippen LogP contribution in [-0.4, -0.2) is 73.3 Å². The molecular formula is C38H42F3N3O6. The number of ether oxygens (including phenoxy) is 4. The summed E-state index contributed by atoms with van der Waals surface area (Å²) in [6.45, 7) is 2.20. The summed E-state index contributed by atoms with van der Waals surface area (Å²) in [4.78, 5) is 13.3. The number of nitrogens with zero attached hydrogens (tertiary/aromatic N) is 3. The molecule has 1 unspecified atom stereocenters. The molecule has 5 rings (SSSR count). The van der Waals surface area contributed by atoms with Crippen LogP contribution in [0.5, 0.6) is 17.2 Å². The molecule has 1 atom stereocenters. The maximum atomic E-state index is 15.0. The first kappa shape index (κ1) is 36.5. The predicted octanol–water partition coefficient (Wildman–Crippen LogP) is 6.76. The van der Waals surface area contributed by atoms with Crippen LogP contribution in [0.25, 0.3) is 10.9 Å². The molecule has 2 heterocycles. The topological polar surface area (TPSA) is 106 Å². The molecule has 0 spiro atoms. The van der Waals surface area contributed by atoms with Gasteiger partial charge in [0.25, 0.3) is 0 Å². The summed E-state index contributed by atoms with van der Waals surface area (Å²) in [7, 11) is 3.03. The van der Waals surface area contributed by atoms with Crippen molar-refractivity contribution in [2.24, 2.45) is 0 Å². The van der Waals surface area contributed by atoms with Crippen LogP contribution in [0.1, 0.15) is 54.9 Å². The zero-order valence-electron chi connectivity index (χ0n) is 28.5. The maximum Gasteiger partial charge on any atom is 0.422 e. The molecule has 0 aliphatic carbocycles. The summed E-state index contributed by atoms with van der Waals surface area (Å²) in [6, 6.07) is 19.5. The van der Waals surface area contributed by atoms with Gasteiger partial charge >= 0.3 is 12.1 Å². The Balaban J connectivity index is 1.32. The third-order valence-corrected chi connectivity index (χ3v) is 9.07. The highest BCUT2D eigenvalue weighted by atomic mass is 19.4. The number of fused-ring (bicyclic) bond motifs is 1. The molecule has 0 radical (unpaired) electrons. The van der Waals surface area contributed by atoms with Crippen molar-refractivity contribution < 1.29 is 42.0 Å². The summed E-state index contributed by atoms with van der Waals surface area (Å²) in [5, 5.41) is 21.4. The lowest BCUT2D eigenvalue weighted by Gasteiger charge is -2.39. The van der Waals surface area contributed by atoms with Gasteiger partial charge in [-0.3, -0.25) is 9.69 Å². The highest BCUT2D eigenvalue weighted by Crippen LogP contribution is 2.45. The second-order valence-corrected chi connectivity index (χ2v) is 12.4. The number of alkyl halides is 3. The summed E-state index contributed by atoms with van der Waals surface area (Å²) < 4.78 is 69.1. The van der Waals surface area contributed by atoms with Gasteiger partial charge in [0.1, 0.15) is 6.10 Å². The first-order valence-corrected chi connectivity index (χ1v) is 16.7. The van der Waals surface area contributed by atoms with E-state index in [-0.39, 0.29) is 49.1 Å². The maximum absolute atomic E-state index is 15.0. The lowest BCUT2D eigenvalue weighted by molar-refractivity contribution is -0.272. The van der Waals surface area contributed by atoms with E-state index in [9.17, 15) is 28.3 Å². The Kier molecular flexibility index (Phi) is 11.6. The molecule has 0 bridgehead atoms. The van der Waals surface area contributed by atoms with Gasteiger partial charge in [0.2, 0.25) is 11.4 Å². The molecule has 4 aromatic rings. The van der Waals surface area contributed by atoms with Crippen molar-refractivity contribution in [3.63, 3.8) is 0 Å². The molecule has 1 aromatic heterocycles. The number of β-amino-alcohol motifs (C(OH)–C–C–N with tert-alkyl or cyclic N) is 1. The van der Waals surface area contributed by atoms with Crippen molar-refractivity contribution in [2.75, 3.05) is 40.5 Å². The number of benzene rings is 3. The van der Waals surface area contributed by atoms with Crippen LogP contribution in [0.2, 0.25) is 0 Å². The molecule has 0 saturated carbocycles. The van der Waals surface area contributed by atoms with E-state index in [0.29, 0.717) is 60.6 Å². The van der Waals surface area contributed by atoms with Gasteiger partial charge in [0.15, 0.2) is 11.5 Å². The van der Waals surface area contributed by atoms with Gasteiger partial charge in [-0.25, -0.2) is 0 Å². The summed E-state index contributed by atoms with van der Waals surface area (Å²) in [5.74, 6) is 1.05. The molecule has 1 saturated heterocycles. The van der Waals surface area contributed by atoms with Crippen LogP contribution in [0.3, 0.4) is 0 Å². The average molecular weight is 694 g/mol. The van der Waals surface area contributed by atoms with Gasteiger partial charge in [-0.15, -0.1) is 0 Å². The number of nitriles is 1. The number of esters is 1.